The normalized spacial score (nSPS) is 12.4. The van der Waals surface area contributed by atoms with Gasteiger partial charge >= 0.3 is 0 Å². The summed E-state index contributed by atoms with van der Waals surface area (Å²) in [5.74, 6) is 0.00880. The molecule has 2 aromatic carbocycles. The van der Waals surface area contributed by atoms with Gasteiger partial charge in [-0.3, -0.25) is 0 Å². The molecule has 0 bridgehead atoms. The van der Waals surface area contributed by atoms with Gasteiger partial charge in [0.1, 0.15) is 5.82 Å². The van der Waals surface area contributed by atoms with Crippen LogP contribution in [0.4, 0.5) is 4.39 Å². The lowest BCUT2D eigenvalue weighted by Gasteiger charge is -2.15. The molecule has 0 radical (unpaired) electrons. The van der Waals surface area contributed by atoms with E-state index >= 15 is 0 Å². The Kier molecular flexibility index (Phi) is 4.94. The second-order valence-electron chi connectivity index (χ2n) is 4.62. The van der Waals surface area contributed by atoms with Crippen molar-refractivity contribution in [2.24, 2.45) is 5.73 Å². The third-order valence-corrected chi connectivity index (χ3v) is 3.68. The Morgan fingerprint density at radius 2 is 1.84 bits per heavy atom. The van der Waals surface area contributed by atoms with E-state index in [0.29, 0.717) is 17.5 Å². The first kappa shape index (κ1) is 14.0. The van der Waals surface area contributed by atoms with Crippen molar-refractivity contribution < 1.29 is 4.39 Å². The maximum Gasteiger partial charge on any atom is 0.124 e. The van der Waals surface area contributed by atoms with Crippen LogP contribution in [0.15, 0.2) is 48.5 Å². The molecular formula is C16H17ClFN. The standard InChI is InChI=1S/C16H17ClFN/c17-16-10-15(18)9-8-13(16)6-7-14(11-19)12-4-2-1-3-5-12/h1-5,8-10,14H,6-7,11,19H2. The fraction of sp³-hybridized carbons (Fsp3) is 0.250. The molecule has 0 amide bonds. The predicted octanol–water partition coefficient (Wildman–Crippen LogP) is 4.15. The van der Waals surface area contributed by atoms with Crippen LogP contribution >= 0.6 is 11.6 Å². The number of aryl methyl sites for hydroxylation is 1. The average molecular weight is 278 g/mol. The Hall–Kier alpha value is -1.38. The van der Waals surface area contributed by atoms with Gasteiger partial charge in [0.25, 0.3) is 0 Å². The SMILES string of the molecule is NCC(CCc1ccc(F)cc1Cl)c1ccccc1. The van der Waals surface area contributed by atoms with Gasteiger partial charge in [0.05, 0.1) is 0 Å². The van der Waals surface area contributed by atoms with E-state index in [1.54, 1.807) is 6.07 Å². The molecule has 0 saturated heterocycles. The minimum atomic E-state index is -0.299. The predicted molar refractivity (Wildman–Crippen MR) is 78.0 cm³/mol. The smallest absolute Gasteiger partial charge is 0.124 e. The summed E-state index contributed by atoms with van der Waals surface area (Å²) < 4.78 is 13.0. The lowest BCUT2D eigenvalue weighted by atomic mass is 9.92. The van der Waals surface area contributed by atoms with E-state index in [-0.39, 0.29) is 5.82 Å². The van der Waals surface area contributed by atoms with E-state index < -0.39 is 0 Å². The molecule has 1 atom stereocenters. The van der Waals surface area contributed by atoms with E-state index in [4.69, 9.17) is 17.3 Å². The molecule has 0 aromatic heterocycles. The third kappa shape index (κ3) is 3.79. The average Bonchev–Trinajstić information content (AvgIpc) is 2.43. The highest BCUT2D eigenvalue weighted by Gasteiger charge is 2.11. The van der Waals surface area contributed by atoms with Crippen LogP contribution in [0.2, 0.25) is 5.02 Å². The summed E-state index contributed by atoms with van der Waals surface area (Å²) in [6.07, 6.45) is 1.71. The summed E-state index contributed by atoms with van der Waals surface area (Å²) in [5.41, 5.74) is 8.05. The number of hydrogen-bond donors (Lipinski definition) is 1. The molecular weight excluding hydrogens is 261 g/mol. The maximum atomic E-state index is 13.0. The summed E-state index contributed by atoms with van der Waals surface area (Å²) in [6.45, 7) is 0.600. The minimum Gasteiger partial charge on any atom is -0.330 e. The Morgan fingerprint density at radius 1 is 1.11 bits per heavy atom. The molecule has 1 nitrogen and oxygen atoms in total. The quantitative estimate of drug-likeness (QED) is 0.873. The fourth-order valence-electron chi connectivity index (χ4n) is 2.20. The van der Waals surface area contributed by atoms with E-state index in [0.717, 1.165) is 18.4 Å². The van der Waals surface area contributed by atoms with Crippen molar-refractivity contribution in [2.45, 2.75) is 18.8 Å². The zero-order chi connectivity index (χ0) is 13.7. The fourth-order valence-corrected chi connectivity index (χ4v) is 2.46. The molecule has 0 heterocycles. The van der Waals surface area contributed by atoms with E-state index in [1.165, 1.54) is 17.7 Å². The van der Waals surface area contributed by atoms with Crippen LogP contribution in [0.25, 0.3) is 0 Å². The largest absolute Gasteiger partial charge is 0.330 e. The number of benzene rings is 2. The van der Waals surface area contributed by atoms with Crippen molar-refractivity contribution in [3.8, 4) is 0 Å². The minimum absolute atomic E-state index is 0.299. The molecule has 2 rings (SSSR count). The molecule has 0 fully saturated rings. The molecule has 2 N–H and O–H groups in total. The van der Waals surface area contributed by atoms with Crippen LogP contribution in [-0.2, 0) is 6.42 Å². The topological polar surface area (TPSA) is 26.0 Å². The highest BCUT2D eigenvalue weighted by atomic mass is 35.5. The maximum absolute atomic E-state index is 13.0. The Labute approximate surface area is 118 Å². The first-order valence-corrected chi connectivity index (χ1v) is 6.77. The summed E-state index contributed by atoms with van der Waals surface area (Å²) >= 11 is 6.03. The zero-order valence-electron chi connectivity index (χ0n) is 10.7. The van der Waals surface area contributed by atoms with Gasteiger partial charge in [0.2, 0.25) is 0 Å². The van der Waals surface area contributed by atoms with Gasteiger partial charge in [0, 0.05) is 5.02 Å². The van der Waals surface area contributed by atoms with Gasteiger partial charge in [-0.15, -0.1) is 0 Å². The van der Waals surface area contributed by atoms with Crippen LogP contribution in [0.1, 0.15) is 23.5 Å². The van der Waals surface area contributed by atoms with Crippen LogP contribution in [0.5, 0.6) is 0 Å². The summed E-state index contributed by atoms with van der Waals surface area (Å²) in [5, 5.41) is 0.490. The van der Waals surface area contributed by atoms with Crippen molar-refractivity contribution in [1.82, 2.24) is 0 Å². The molecule has 0 saturated carbocycles. The number of nitrogens with two attached hydrogens (primary N) is 1. The monoisotopic (exact) mass is 277 g/mol. The van der Waals surface area contributed by atoms with Crippen LogP contribution in [0.3, 0.4) is 0 Å². The van der Waals surface area contributed by atoms with Gasteiger partial charge in [0.15, 0.2) is 0 Å². The van der Waals surface area contributed by atoms with Gasteiger partial charge in [-0.05, 0) is 48.6 Å². The van der Waals surface area contributed by atoms with Crippen LogP contribution in [-0.4, -0.2) is 6.54 Å². The van der Waals surface area contributed by atoms with Gasteiger partial charge in [-0.1, -0.05) is 48.0 Å². The van der Waals surface area contributed by atoms with Crippen LogP contribution in [0, 0.1) is 5.82 Å². The Morgan fingerprint density at radius 3 is 2.47 bits per heavy atom. The van der Waals surface area contributed by atoms with Crippen molar-refractivity contribution >= 4 is 11.6 Å². The lowest BCUT2D eigenvalue weighted by Crippen LogP contribution is -2.13. The van der Waals surface area contributed by atoms with Crippen molar-refractivity contribution in [2.75, 3.05) is 6.54 Å². The number of rotatable bonds is 5. The van der Waals surface area contributed by atoms with Crippen molar-refractivity contribution in [1.29, 1.82) is 0 Å². The van der Waals surface area contributed by atoms with E-state index in [1.807, 2.05) is 18.2 Å². The molecule has 3 heteroatoms. The molecule has 0 spiro atoms. The van der Waals surface area contributed by atoms with E-state index in [9.17, 15) is 4.39 Å². The highest BCUT2D eigenvalue weighted by molar-refractivity contribution is 6.31. The Bertz CT molecular complexity index is 528. The third-order valence-electron chi connectivity index (χ3n) is 3.33. The molecule has 2 aromatic rings. The summed E-state index contributed by atoms with van der Waals surface area (Å²) in [6, 6.07) is 14.8. The van der Waals surface area contributed by atoms with Crippen molar-refractivity contribution in [3.05, 3.63) is 70.5 Å². The second kappa shape index (κ2) is 6.69. The lowest BCUT2D eigenvalue weighted by molar-refractivity contribution is 0.620. The van der Waals surface area contributed by atoms with Crippen LogP contribution < -0.4 is 5.73 Å². The van der Waals surface area contributed by atoms with E-state index in [2.05, 4.69) is 12.1 Å². The molecule has 1 unspecified atom stereocenters. The summed E-state index contributed by atoms with van der Waals surface area (Å²) in [7, 11) is 0. The van der Waals surface area contributed by atoms with Gasteiger partial charge in [-0.25, -0.2) is 4.39 Å². The highest BCUT2D eigenvalue weighted by Crippen LogP contribution is 2.24. The summed E-state index contributed by atoms with van der Waals surface area (Å²) in [4.78, 5) is 0. The number of hydrogen-bond acceptors (Lipinski definition) is 1. The molecule has 0 aliphatic carbocycles. The molecule has 100 valence electrons. The number of halogens is 2. The van der Waals surface area contributed by atoms with Gasteiger partial charge in [-0.2, -0.15) is 0 Å². The molecule has 0 aliphatic rings. The first-order chi connectivity index (χ1) is 9.20. The van der Waals surface area contributed by atoms with Gasteiger partial charge < -0.3 is 5.73 Å². The molecule has 0 aliphatic heterocycles. The van der Waals surface area contributed by atoms with Crippen molar-refractivity contribution in [3.63, 3.8) is 0 Å². The zero-order valence-corrected chi connectivity index (χ0v) is 11.4. The first-order valence-electron chi connectivity index (χ1n) is 6.39. The second-order valence-corrected chi connectivity index (χ2v) is 5.02. The Balaban J connectivity index is 2.04. The molecule has 19 heavy (non-hydrogen) atoms.